The number of alkyl halides is 6. The Morgan fingerprint density at radius 1 is 0.962 bits per heavy atom. The molecular formula is C15H16F6O3S2. The van der Waals surface area contributed by atoms with Crippen LogP contribution in [-0.4, -0.2) is 18.5 Å². The average Bonchev–Trinajstić information content (AvgIpc) is 2.75. The first-order valence-electron chi connectivity index (χ1n) is 7.02. The van der Waals surface area contributed by atoms with Gasteiger partial charge in [-0.2, -0.15) is 13.2 Å². The number of thiophene rings is 1. The van der Waals surface area contributed by atoms with Crippen LogP contribution in [0, 0.1) is 6.92 Å². The van der Waals surface area contributed by atoms with Gasteiger partial charge in [0, 0.05) is 22.9 Å². The molecule has 1 heterocycles. The lowest BCUT2D eigenvalue weighted by Gasteiger charge is -2.13. The number of hydrogen-bond acceptors (Lipinski definition) is 3. The van der Waals surface area contributed by atoms with E-state index in [4.69, 9.17) is 13.0 Å². The van der Waals surface area contributed by atoms with Gasteiger partial charge >= 0.3 is 11.0 Å². The predicted molar refractivity (Wildman–Crippen MR) is 86.9 cm³/mol. The molecule has 1 aromatic carbocycles. The van der Waals surface area contributed by atoms with Gasteiger partial charge in [-0.15, -0.1) is 13.2 Å². The Balaban J connectivity index is 0.000000359. The quantitative estimate of drug-likeness (QED) is 0.236. The maximum absolute atomic E-state index is 13.3. The second kappa shape index (κ2) is 7.01. The van der Waals surface area contributed by atoms with Crippen LogP contribution >= 0.6 is 10.5 Å². The summed E-state index contributed by atoms with van der Waals surface area (Å²) in [5.74, 6) is 0. The molecule has 1 aromatic heterocycles. The zero-order chi connectivity index (χ0) is 20.7. The van der Waals surface area contributed by atoms with Crippen LogP contribution in [0.2, 0.25) is 0 Å². The standard InChI is InChI=1S/C14H16F3S.CHF3O3S/c1-9-5-6-10-8-12(13(2,3)4)18(11(10)7-9)14(15,16)17;2-1(3,4)8(5,6)7/h5-8H,1-4H3;(H,5,6,7)/q+1;/p-1. The Kier molecular flexibility index (Phi) is 6.12. The van der Waals surface area contributed by atoms with Gasteiger partial charge in [0.25, 0.3) is 0 Å². The van der Waals surface area contributed by atoms with Crippen LogP contribution in [0.4, 0.5) is 26.3 Å². The van der Waals surface area contributed by atoms with Gasteiger partial charge in [-0.05, 0) is 18.6 Å². The summed E-state index contributed by atoms with van der Waals surface area (Å²) in [6, 6.07) is 7.03. The molecule has 0 spiro atoms. The molecule has 0 aliphatic rings. The van der Waals surface area contributed by atoms with E-state index in [-0.39, 0.29) is 0 Å². The summed E-state index contributed by atoms with van der Waals surface area (Å²) in [4.78, 5) is 0.482. The lowest BCUT2D eigenvalue weighted by molar-refractivity contribution is -0.0869. The molecule has 0 N–H and O–H groups in total. The number of rotatable bonds is 0. The Morgan fingerprint density at radius 2 is 1.42 bits per heavy atom. The van der Waals surface area contributed by atoms with Crippen molar-refractivity contribution in [1.29, 1.82) is 0 Å². The summed E-state index contributed by atoms with van der Waals surface area (Å²) in [7, 11) is -7.87. The van der Waals surface area contributed by atoms with Crippen molar-refractivity contribution in [3.8, 4) is 0 Å². The van der Waals surface area contributed by atoms with Crippen molar-refractivity contribution >= 4 is 30.7 Å². The topological polar surface area (TPSA) is 57.2 Å². The van der Waals surface area contributed by atoms with E-state index in [1.165, 1.54) is 0 Å². The lowest BCUT2D eigenvalue weighted by atomic mass is 9.94. The van der Waals surface area contributed by atoms with Crippen molar-refractivity contribution in [2.24, 2.45) is 0 Å². The molecule has 0 bridgehead atoms. The highest BCUT2D eigenvalue weighted by atomic mass is 32.2. The molecule has 1 unspecified atom stereocenters. The largest absolute Gasteiger partial charge is 0.741 e. The molecule has 1 atom stereocenters. The van der Waals surface area contributed by atoms with Gasteiger partial charge in [0.2, 0.25) is 0 Å². The van der Waals surface area contributed by atoms with Crippen molar-refractivity contribution in [2.45, 2.75) is 44.1 Å². The first-order chi connectivity index (χ1) is 11.4. The van der Waals surface area contributed by atoms with Crippen LogP contribution in [0.25, 0.3) is 10.1 Å². The summed E-state index contributed by atoms with van der Waals surface area (Å²) in [5.41, 5.74) is -9.43. The predicted octanol–water partition coefficient (Wildman–Crippen LogP) is 5.72. The van der Waals surface area contributed by atoms with Crippen molar-refractivity contribution in [3.05, 3.63) is 34.7 Å². The van der Waals surface area contributed by atoms with Gasteiger partial charge in [-0.3, -0.25) is 0 Å². The van der Waals surface area contributed by atoms with Crippen LogP contribution < -0.4 is 0 Å². The normalized spacial score (nSPS) is 14.2. The van der Waals surface area contributed by atoms with Crippen LogP contribution in [0.1, 0.15) is 31.2 Å². The van der Waals surface area contributed by atoms with E-state index in [0.29, 0.717) is 15.0 Å². The van der Waals surface area contributed by atoms with Crippen molar-refractivity contribution in [3.63, 3.8) is 0 Å². The fourth-order valence-electron chi connectivity index (χ4n) is 2.03. The highest BCUT2D eigenvalue weighted by Gasteiger charge is 2.50. The zero-order valence-electron chi connectivity index (χ0n) is 14.1. The molecule has 0 aliphatic carbocycles. The Labute approximate surface area is 149 Å². The van der Waals surface area contributed by atoms with E-state index in [1.807, 2.05) is 33.8 Å². The van der Waals surface area contributed by atoms with Crippen molar-refractivity contribution in [2.75, 3.05) is 0 Å². The van der Waals surface area contributed by atoms with E-state index >= 15 is 0 Å². The fourth-order valence-corrected chi connectivity index (χ4v) is 4.29. The first kappa shape index (κ1) is 22.7. The molecule has 2 aromatic rings. The highest BCUT2D eigenvalue weighted by molar-refractivity contribution is 7.86. The summed E-state index contributed by atoms with van der Waals surface area (Å²) < 4.78 is 99.3. The van der Waals surface area contributed by atoms with Crippen molar-refractivity contribution in [1.82, 2.24) is 0 Å². The smallest absolute Gasteiger partial charge is 0.600 e. The number of hydrogen-bond donors (Lipinski definition) is 0. The van der Waals surface area contributed by atoms with Gasteiger partial charge in [0.1, 0.15) is 0 Å². The van der Waals surface area contributed by atoms with E-state index < -0.39 is 37.0 Å². The second-order valence-electron chi connectivity index (χ2n) is 6.45. The lowest BCUT2D eigenvalue weighted by Crippen LogP contribution is -2.21. The SMILES string of the molecule is Cc1ccc2cc(C(C)(C)C)[s+](C(F)(F)F)c2c1.O=S(=O)([O-])C(F)(F)F. The summed E-state index contributed by atoms with van der Waals surface area (Å²) in [5, 5.41) is 0.714. The molecule has 0 saturated carbocycles. The number of aryl methyl sites for hydroxylation is 1. The fraction of sp³-hybridized carbons (Fsp3) is 0.467. The maximum Gasteiger partial charge on any atom is 0.600 e. The zero-order valence-corrected chi connectivity index (χ0v) is 15.8. The van der Waals surface area contributed by atoms with E-state index in [1.54, 1.807) is 18.2 Å². The Morgan fingerprint density at radius 3 is 1.77 bits per heavy atom. The third-order valence-corrected chi connectivity index (χ3v) is 6.14. The van der Waals surface area contributed by atoms with Gasteiger partial charge in [0.15, 0.2) is 19.7 Å². The molecule has 0 aliphatic heterocycles. The third kappa shape index (κ3) is 5.34. The molecule has 0 fully saturated rings. The number of fused-ring (bicyclic) bond motifs is 1. The monoisotopic (exact) mass is 422 g/mol. The number of halogens is 6. The Hall–Kier alpha value is -1.33. The Bertz CT molecular complexity index is 887. The van der Waals surface area contributed by atoms with Gasteiger partial charge in [-0.25, -0.2) is 8.42 Å². The third-order valence-electron chi connectivity index (χ3n) is 3.15. The minimum absolute atomic E-state index is 0.424. The second-order valence-corrected chi connectivity index (χ2v) is 9.78. The minimum Gasteiger partial charge on any atom is -0.741 e. The van der Waals surface area contributed by atoms with Gasteiger partial charge in [-0.1, -0.05) is 26.8 Å². The van der Waals surface area contributed by atoms with E-state index in [9.17, 15) is 26.3 Å². The van der Waals surface area contributed by atoms with E-state index in [0.717, 1.165) is 5.56 Å². The average molecular weight is 422 g/mol. The highest BCUT2D eigenvalue weighted by Crippen LogP contribution is 2.54. The summed E-state index contributed by atoms with van der Waals surface area (Å²) in [6.07, 6.45) is 0. The van der Waals surface area contributed by atoms with Crippen molar-refractivity contribution < 1.29 is 39.3 Å². The minimum atomic E-state index is -6.09. The van der Waals surface area contributed by atoms with Gasteiger partial charge in [0.05, 0.1) is 10.5 Å². The van der Waals surface area contributed by atoms with Crippen LogP contribution in [0.3, 0.4) is 0 Å². The van der Waals surface area contributed by atoms with E-state index in [2.05, 4.69) is 0 Å². The molecule has 148 valence electrons. The van der Waals surface area contributed by atoms with Crippen LogP contribution in [0.15, 0.2) is 24.3 Å². The molecule has 0 radical (unpaired) electrons. The number of benzene rings is 1. The molecular weight excluding hydrogens is 406 g/mol. The molecule has 0 amide bonds. The molecule has 11 heteroatoms. The van der Waals surface area contributed by atoms with Gasteiger partial charge < -0.3 is 4.55 Å². The van der Waals surface area contributed by atoms with Crippen LogP contribution in [-0.2, 0) is 21.0 Å². The summed E-state index contributed by atoms with van der Waals surface area (Å²) in [6.45, 7) is 7.34. The molecule has 26 heavy (non-hydrogen) atoms. The summed E-state index contributed by atoms with van der Waals surface area (Å²) >= 11 is 0. The first-order valence-corrected chi connectivity index (χ1v) is 9.65. The van der Waals surface area contributed by atoms with Crippen LogP contribution in [0.5, 0.6) is 0 Å². The molecule has 0 saturated heterocycles. The maximum atomic E-state index is 13.3. The molecule has 3 nitrogen and oxygen atoms in total. The molecule has 2 rings (SSSR count).